The van der Waals surface area contributed by atoms with Crippen LogP contribution in [0.3, 0.4) is 0 Å². The molecule has 0 saturated carbocycles. The molecule has 0 radical (unpaired) electrons. The van der Waals surface area contributed by atoms with E-state index in [2.05, 4.69) is 0 Å². The van der Waals surface area contributed by atoms with Gasteiger partial charge < -0.3 is 14.6 Å². The van der Waals surface area contributed by atoms with Crippen LogP contribution < -0.4 is 5.32 Å². The molecule has 0 fully saturated rings. The van der Waals surface area contributed by atoms with E-state index in [1.165, 1.54) is 6.92 Å². The lowest BCUT2D eigenvalue weighted by atomic mass is 9.92. The van der Waals surface area contributed by atoms with Crippen LogP contribution in [-0.4, -0.2) is 23.0 Å². The average molecular weight is 326 g/mol. The van der Waals surface area contributed by atoms with Crippen molar-refractivity contribution in [3.63, 3.8) is 0 Å². The summed E-state index contributed by atoms with van der Waals surface area (Å²) in [6.45, 7) is 2.54. The second-order valence-electron chi connectivity index (χ2n) is 4.65. The molecule has 2 N–H and O–H groups in total. The standard InChI is InChI=1S/C14H12ClNO6/c1-7(17)21-10-11(18)14(2,22-12(10)16-13(19)20)8-3-5-9(15)6-4-8/h3-6,16H,1-2H3,(H,19,20). The zero-order valence-electron chi connectivity index (χ0n) is 11.7. The minimum atomic E-state index is -1.52. The maximum absolute atomic E-state index is 12.5. The zero-order valence-corrected chi connectivity index (χ0v) is 12.4. The minimum absolute atomic E-state index is 0.426. The van der Waals surface area contributed by atoms with E-state index in [4.69, 9.17) is 26.2 Å². The number of rotatable bonds is 3. The van der Waals surface area contributed by atoms with Crippen molar-refractivity contribution in [3.8, 4) is 0 Å². The topological polar surface area (TPSA) is 102 Å². The Bertz CT molecular complexity index is 681. The maximum atomic E-state index is 12.5. The van der Waals surface area contributed by atoms with Gasteiger partial charge in [-0.2, -0.15) is 0 Å². The van der Waals surface area contributed by atoms with Gasteiger partial charge in [0.15, 0.2) is 5.60 Å². The molecule has 7 nitrogen and oxygen atoms in total. The summed E-state index contributed by atoms with van der Waals surface area (Å²) in [6, 6.07) is 6.25. The summed E-state index contributed by atoms with van der Waals surface area (Å²) >= 11 is 5.80. The average Bonchev–Trinajstić information content (AvgIpc) is 2.64. The molecule has 0 spiro atoms. The molecule has 2 rings (SSSR count). The molecule has 1 aromatic rings. The number of ketones is 1. The van der Waals surface area contributed by atoms with Crippen LogP contribution in [0, 0.1) is 0 Å². The van der Waals surface area contributed by atoms with E-state index in [-0.39, 0.29) is 0 Å². The van der Waals surface area contributed by atoms with E-state index in [1.807, 2.05) is 5.32 Å². The Kier molecular flexibility index (Phi) is 4.09. The van der Waals surface area contributed by atoms with Crippen molar-refractivity contribution in [1.82, 2.24) is 5.32 Å². The van der Waals surface area contributed by atoms with Crippen molar-refractivity contribution in [3.05, 3.63) is 46.5 Å². The van der Waals surface area contributed by atoms with Crippen molar-refractivity contribution in [2.45, 2.75) is 19.4 Å². The molecule has 1 heterocycles. The Hall–Kier alpha value is -2.54. The summed E-state index contributed by atoms with van der Waals surface area (Å²) in [7, 11) is 0. The fourth-order valence-electron chi connectivity index (χ4n) is 1.99. The smallest absolute Gasteiger partial charge is 0.411 e. The maximum Gasteiger partial charge on any atom is 0.411 e. The lowest BCUT2D eigenvalue weighted by Crippen LogP contribution is -2.32. The highest BCUT2D eigenvalue weighted by Crippen LogP contribution is 2.38. The molecule has 22 heavy (non-hydrogen) atoms. The van der Waals surface area contributed by atoms with Crippen LogP contribution in [0.25, 0.3) is 0 Å². The molecule has 1 aromatic carbocycles. The first kappa shape index (κ1) is 15.8. The molecule has 1 amide bonds. The number of Topliss-reactive ketones (excluding diaryl/α,β-unsaturated/α-hetero) is 1. The van der Waals surface area contributed by atoms with Gasteiger partial charge in [-0.15, -0.1) is 0 Å². The lowest BCUT2D eigenvalue weighted by Gasteiger charge is -2.23. The van der Waals surface area contributed by atoms with Crippen LogP contribution >= 0.6 is 11.6 Å². The summed E-state index contributed by atoms with van der Waals surface area (Å²) in [5.41, 5.74) is -1.08. The SMILES string of the molecule is CC(=O)OC1=C(NC(=O)O)OC(C)(c2ccc(Cl)cc2)C1=O. The third-order valence-electron chi connectivity index (χ3n) is 3.01. The first-order valence-corrected chi connectivity index (χ1v) is 6.54. The normalized spacial score (nSPS) is 20.6. The Morgan fingerprint density at radius 3 is 2.41 bits per heavy atom. The van der Waals surface area contributed by atoms with Crippen LogP contribution in [0.15, 0.2) is 35.9 Å². The second kappa shape index (κ2) is 5.69. The molecule has 1 aliphatic rings. The van der Waals surface area contributed by atoms with E-state index in [1.54, 1.807) is 24.3 Å². The molecule has 1 atom stereocenters. The number of halogens is 1. The Morgan fingerprint density at radius 1 is 1.32 bits per heavy atom. The van der Waals surface area contributed by atoms with Gasteiger partial charge in [0.05, 0.1) is 0 Å². The number of hydrogen-bond acceptors (Lipinski definition) is 5. The molecule has 0 aromatic heterocycles. The summed E-state index contributed by atoms with van der Waals surface area (Å²) in [5, 5.41) is 11.2. The van der Waals surface area contributed by atoms with Crippen LogP contribution in [0.1, 0.15) is 19.4 Å². The Balaban J connectivity index is 2.42. The molecule has 8 heteroatoms. The minimum Gasteiger partial charge on any atom is -0.465 e. The quantitative estimate of drug-likeness (QED) is 0.826. The van der Waals surface area contributed by atoms with Crippen LogP contribution in [0.4, 0.5) is 4.79 Å². The Labute approximate surface area is 130 Å². The molecular formula is C14H12ClNO6. The number of nitrogens with one attached hydrogen (secondary N) is 1. The van der Waals surface area contributed by atoms with E-state index >= 15 is 0 Å². The molecule has 0 aliphatic carbocycles. The van der Waals surface area contributed by atoms with Gasteiger partial charge >= 0.3 is 12.1 Å². The summed E-state index contributed by atoms with van der Waals surface area (Å²) in [6.07, 6.45) is -1.45. The number of amides is 1. The van der Waals surface area contributed by atoms with Crippen LogP contribution in [0.2, 0.25) is 5.02 Å². The number of carbonyl (C=O) groups excluding carboxylic acids is 2. The van der Waals surface area contributed by atoms with E-state index in [9.17, 15) is 14.4 Å². The van der Waals surface area contributed by atoms with Gasteiger partial charge in [0.1, 0.15) is 0 Å². The van der Waals surface area contributed by atoms with Crippen LogP contribution in [-0.2, 0) is 24.7 Å². The number of carboxylic acid groups (broad SMARTS) is 1. The molecule has 0 saturated heterocycles. The zero-order chi connectivity index (χ0) is 16.5. The van der Waals surface area contributed by atoms with Gasteiger partial charge in [-0.05, 0) is 19.1 Å². The third kappa shape index (κ3) is 2.89. The van der Waals surface area contributed by atoms with Gasteiger partial charge in [-0.25, -0.2) is 4.79 Å². The van der Waals surface area contributed by atoms with E-state index in [0.717, 1.165) is 6.92 Å². The van der Waals surface area contributed by atoms with Crippen LogP contribution in [0.5, 0.6) is 0 Å². The van der Waals surface area contributed by atoms with Gasteiger partial charge in [0.25, 0.3) is 5.78 Å². The third-order valence-corrected chi connectivity index (χ3v) is 3.27. The predicted octanol–water partition coefficient (Wildman–Crippen LogP) is 2.15. The molecule has 116 valence electrons. The van der Waals surface area contributed by atoms with Crippen molar-refractivity contribution < 1.29 is 29.0 Å². The van der Waals surface area contributed by atoms with Crippen molar-refractivity contribution in [2.24, 2.45) is 0 Å². The number of benzene rings is 1. The van der Waals surface area contributed by atoms with E-state index in [0.29, 0.717) is 10.6 Å². The summed E-state index contributed by atoms with van der Waals surface area (Å²) in [4.78, 5) is 34.4. The summed E-state index contributed by atoms with van der Waals surface area (Å²) in [5.74, 6) is -2.34. The molecular weight excluding hydrogens is 314 g/mol. The van der Waals surface area contributed by atoms with Gasteiger partial charge in [-0.1, -0.05) is 23.7 Å². The first-order chi connectivity index (χ1) is 10.2. The van der Waals surface area contributed by atoms with Gasteiger partial charge in [-0.3, -0.25) is 14.9 Å². The van der Waals surface area contributed by atoms with Gasteiger partial charge in [0.2, 0.25) is 11.6 Å². The molecule has 1 unspecified atom stereocenters. The first-order valence-electron chi connectivity index (χ1n) is 6.16. The fourth-order valence-corrected chi connectivity index (χ4v) is 2.12. The monoisotopic (exact) mass is 325 g/mol. The largest absolute Gasteiger partial charge is 0.465 e. The highest BCUT2D eigenvalue weighted by molar-refractivity contribution is 6.30. The predicted molar refractivity (Wildman–Crippen MR) is 74.8 cm³/mol. The number of esters is 1. The number of hydrogen-bond donors (Lipinski definition) is 2. The number of carbonyl (C=O) groups is 3. The van der Waals surface area contributed by atoms with Crippen molar-refractivity contribution in [1.29, 1.82) is 0 Å². The number of ether oxygens (including phenoxy) is 2. The highest BCUT2D eigenvalue weighted by atomic mass is 35.5. The van der Waals surface area contributed by atoms with E-state index < -0.39 is 35.1 Å². The molecule has 1 aliphatic heterocycles. The Morgan fingerprint density at radius 2 is 1.91 bits per heavy atom. The molecule has 0 bridgehead atoms. The lowest BCUT2D eigenvalue weighted by molar-refractivity contribution is -0.142. The fraction of sp³-hybridized carbons (Fsp3) is 0.214. The van der Waals surface area contributed by atoms with Crippen molar-refractivity contribution >= 4 is 29.4 Å². The summed E-state index contributed by atoms with van der Waals surface area (Å²) < 4.78 is 10.2. The second-order valence-corrected chi connectivity index (χ2v) is 5.09. The van der Waals surface area contributed by atoms with Crippen molar-refractivity contribution in [2.75, 3.05) is 0 Å². The van der Waals surface area contributed by atoms with Gasteiger partial charge in [0, 0.05) is 17.5 Å². The highest BCUT2D eigenvalue weighted by Gasteiger charge is 2.49.